The fourth-order valence-corrected chi connectivity index (χ4v) is 3.18. The van der Waals surface area contributed by atoms with Gasteiger partial charge in [0.15, 0.2) is 0 Å². The van der Waals surface area contributed by atoms with E-state index in [-0.39, 0.29) is 0 Å². The first-order valence-corrected chi connectivity index (χ1v) is 8.36. The Morgan fingerprint density at radius 2 is 1.42 bits per heavy atom. The molecule has 0 spiro atoms. The van der Waals surface area contributed by atoms with Crippen LogP contribution in [0.1, 0.15) is 27.8 Å². The van der Waals surface area contributed by atoms with Crippen LogP contribution in [0, 0.1) is 20.8 Å². The molecule has 0 saturated carbocycles. The topological polar surface area (TPSA) is 12.4 Å². The average molecular weight is 313 g/mol. The summed E-state index contributed by atoms with van der Waals surface area (Å²) in [5.41, 5.74) is 8.88. The lowest BCUT2D eigenvalue weighted by atomic mass is 9.99. The van der Waals surface area contributed by atoms with Crippen LogP contribution in [0.3, 0.4) is 0 Å². The Balaban J connectivity index is 1.86. The Morgan fingerprint density at radius 3 is 2.12 bits per heavy atom. The molecule has 1 nitrogen and oxygen atoms in total. The Labute approximate surface area is 144 Å². The number of aryl methyl sites for hydroxylation is 3. The quantitative estimate of drug-likeness (QED) is 0.532. The van der Waals surface area contributed by atoms with Gasteiger partial charge >= 0.3 is 0 Å². The molecule has 0 aliphatic rings. The van der Waals surface area contributed by atoms with E-state index in [0.717, 1.165) is 12.1 Å². The van der Waals surface area contributed by atoms with Gasteiger partial charge in [-0.1, -0.05) is 72.3 Å². The second kappa shape index (κ2) is 7.27. The summed E-state index contributed by atoms with van der Waals surface area (Å²) in [6, 6.07) is 23.4. The van der Waals surface area contributed by atoms with Crippen molar-refractivity contribution in [1.82, 2.24) is 0 Å². The van der Waals surface area contributed by atoms with Crippen molar-refractivity contribution in [2.45, 2.75) is 27.3 Å². The molecule has 0 unspecified atom stereocenters. The van der Waals surface area contributed by atoms with E-state index in [0.29, 0.717) is 0 Å². The zero-order valence-electron chi connectivity index (χ0n) is 14.6. The highest BCUT2D eigenvalue weighted by atomic mass is 14.7. The predicted molar refractivity (Wildman–Crippen MR) is 104 cm³/mol. The van der Waals surface area contributed by atoms with Gasteiger partial charge in [-0.05, 0) is 48.6 Å². The lowest BCUT2D eigenvalue weighted by molar-refractivity contribution is 1.03. The van der Waals surface area contributed by atoms with E-state index < -0.39 is 0 Å². The molecule has 0 heterocycles. The largest absolute Gasteiger partial charge is 0.288 e. The van der Waals surface area contributed by atoms with E-state index in [9.17, 15) is 0 Å². The molecule has 3 aromatic rings. The van der Waals surface area contributed by atoms with Crippen LogP contribution in [0.15, 0.2) is 71.7 Å². The molecule has 0 aliphatic heterocycles. The van der Waals surface area contributed by atoms with Crippen molar-refractivity contribution in [2.24, 2.45) is 4.99 Å². The van der Waals surface area contributed by atoms with Crippen LogP contribution in [-0.2, 0) is 6.54 Å². The number of nitrogens with zero attached hydrogens (tertiary/aromatic N) is 1. The van der Waals surface area contributed by atoms with Gasteiger partial charge in [-0.15, -0.1) is 0 Å². The van der Waals surface area contributed by atoms with Crippen molar-refractivity contribution in [3.05, 3.63) is 94.5 Å². The van der Waals surface area contributed by atoms with E-state index in [1.807, 2.05) is 12.3 Å². The highest BCUT2D eigenvalue weighted by Gasteiger charge is 2.04. The van der Waals surface area contributed by atoms with Gasteiger partial charge in [0, 0.05) is 11.8 Å². The van der Waals surface area contributed by atoms with Gasteiger partial charge in [0.25, 0.3) is 0 Å². The van der Waals surface area contributed by atoms with Crippen molar-refractivity contribution in [1.29, 1.82) is 0 Å². The molecule has 3 rings (SSSR count). The molecule has 0 saturated heterocycles. The third-order valence-electron chi connectivity index (χ3n) is 4.37. The second-order valence-corrected chi connectivity index (χ2v) is 6.30. The number of aliphatic imine (C=N–C) groups is 1. The van der Waals surface area contributed by atoms with E-state index in [1.165, 1.54) is 33.4 Å². The smallest absolute Gasteiger partial charge is 0.0645 e. The molecule has 0 radical (unpaired) electrons. The van der Waals surface area contributed by atoms with Crippen LogP contribution in [-0.4, -0.2) is 6.21 Å². The van der Waals surface area contributed by atoms with Crippen molar-refractivity contribution >= 4 is 6.21 Å². The van der Waals surface area contributed by atoms with Crippen molar-refractivity contribution < 1.29 is 0 Å². The highest BCUT2D eigenvalue weighted by Crippen LogP contribution is 2.22. The van der Waals surface area contributed by atoms with E-state index >= 15 is 0 Å². The van der Waals surface area contributed by atoms with Crippen LogP contribution < -0.4 is 0 Å². The minimum Gasteiger partial charge on any atom is -0.288 e. The molecule has 0 atom stereocenters. The summed E-state index contributed by atoms with van der Waals surface area (Å²) < 4.78 is 0. The number of benzene rings is 3. The van der Waals surface area contributed by atoms with Gasteiger partial charge < -0.3 is 0 Å². The fraction of sp³-hybridized carbons (Fsp3) is 0.174. The fourth-order valence-electron chi connectivity index (χ4n) is 3.18. The number of hydrogen-bond donors (Lipinski definition) is 0. The van der Waals surface area contributed by atoms with Crippen molar-refractivity contribution in [3.8, 4) is 11.1 Å². The summed E-state index contributed by atoms with van der Waals surface area (Å²) in [4.78, 5) is 4.72. The second-order valence-electron chi connectivity index (χ2n) is 6.30. The van der Waals surface area contributed by atoms with Crippen LogP contribution in [0.5, 0.6) is 0 Å². The summed E-state index contributed by atoms with van der Waals surface area (Å²) in [5.74, 6) is 0. The maximum atomic E-state index is 4.72. The Bertz CT molecular complexity index is 837. The van der Waals surface area contributed by atoms with Crippen LogP contribution in [0.4, 0.5) is 0 Å². The zero-order chi connectivity index (χ0) is 16.9. The van der Waals surface area contributed by atoms with Gasteiger partial charge in [-0.25, -0.2) is 0 Å². The molecular formula is C23H23N. The van der Waals surface area contributed by atoms with Crippen molar-refractivity contribution in [3.63, 3.8) is 0 Å². The molecule has 0 aliphatic carbocycles. The lowest BCUT2D eigenvalue weighted by Crippen LogP contribution is -1.95. The van der Waals surface area contributed by atoms with Crippen LogP contribution in [0.25, 0.3) is 11.1 Å². The SMILES string of the molecule is Cc1cc(C)c(CN=Cc2ccccc2-c2ccccc2)c(C)c1. The molecular weight excluding hydrogens is 290 g/mol. The molecule has 0 amide bonds. The third kappa shape index (κ3) is 3.62. The lowest BCUT2D eigenvalue weighted by Gasteiger charge is -2.09. The Morgan fingerprint density at radius 1 is 0.792 bits per heavy atom. The van der Waals surface area contributed by atoms with Crippen LogP contribution in [0.2, 0.25) is 0 Å². The van der Waals surface area contributed by atoms with E-state index in [2.05, 4.69) is 81.4 Å². The molecule has 0 fully saturated rings. The third-order valence-corrected chi connectivity index (χ3v) is 4.37. The van der Waals surface area contributed by atoms with Gasteiger partial charge in [0.05, 0.1) is 6.54 Å². The van der Waals surface area contributed by atoms with Crippen molar-refractivity contribution in [2.75, 3.05) is 0 Å². The van der Waals surface area contributed by atoms with Gasteiger partial charge in [0.2, 0.25) is 0 Å². The summed E-state index contributed by atoms with van der Waals surface area (Å²) in [6.45, 7) is 7.20. The standard InChI is InChI=1S/C23H23N/c1-17-13-18(2)23(19(3)14-17)16-24-15-21-11-7-8-12-22(21)20-9-5-4-6-10-20/h4-15H,16H2,1-3H3. The summed E-state index contributed by atoms with van der Waals surface area (Å²) in [6.07, 6.45) is 2.00. The maximum absolute atomic E-state index is 4.72. The first-order chi connectivity index (χ1) is 11.6. The molecule has 120 valence electrons. The maximum Gasteiger partial charge on any atom is 0.0645 e. The van der Waals surface area contributed by atoms with Gasteiger partial charge in [0.1, 0.15) is 0 Å². The summed E-state index contributed by atoms with van der Waals surface area (Å²) >= 11 is 0. The Hall–Kier alpha value is -2.67. The molecule has 0 aromatic heterocycles. The minimum atomic E-state index is 0.723. The normalized spacial score (nSPS) is 11.1. The van der Waals surface area contributed by atoms with E-state index in [4.69, 9.17) is 4.99 Å². The first kappa shape index (κ1) is 16.2. The molecule has 3 aromatic carbocycles. The first-order valence-electron chi connectivity index (χ1n) is 8.36. The molecule has 24 heavy (non-hydrogen) atoms. The highest BCUT2D eigenvalue weighted by molar-refractivity contribution is 5.90. The Kier molecular flexibility index (Phi) is 4.90. The summed E-state index contributed by atoms with van der Waals surface area (Å²) in [5, 5.41) is 0. The predicted octanol–water partition coefficient (Wildman–Crippen LogP) is 5.90. The molecule has 1 heteroatoms. The average Bonchev–Trinajstić information content (AvgIpc) is 2.58. The van der Waals surface area contributed by atoms with Gasteiger partial charge in [-0.2, -0.15) is 0 Å². The number of hydrogen-bond acceptors (Lipinski definition) is 1. The minimum absolute atomic E-state index is 0.723. The molecule has 0 N–H and O–H groups in total. The monoisotopic (exact) mass is 313 g/mol. The molecule has 0 bridgehead atoms. The van der Waals surface area contributed by atoms with Crippen LogP contribution >= 0.6 is 0 Å². The van der Waals surface area contributed by atoms with E-state index in [1.54, 1.807) is 0 Å². The zero-order valence-corrected chi connectivity index (χ0v) is 14.6. The van der Waals surface area contributed by atoms with Gasteiger partial charge in [-0.3, -0.25) is 4.99 Å². The number of rotatable bonds is 4. The summed E-state index contributed by atoms with van der Waals surface area (Å²) in [7, 11) is 0.